The number of hydrogen-bond donors (Lipinski definition) is 2. The molecule has 0 radical (unpaired) electrons. The molecule has 1 atom stereocenters. The second-order valence-electron chi connectivity index (χ2n) is 7.48. The molecular formula is C25H22N4O3. The summed E-state index contributed by atoms with van der Waals surface area (Å²) in [6.45, 7) is 0. The lowest BCUT2D eigenvalue weighted by atomic mass is 9.99. The van der Waals surface area contributed by atoms with E-state index in [4.69, 9.17) is 15.2 Å². The molecule has 7 nitrogen and oxygen atoms in total. The van der Waals surface area contributed by atoms with Gasteiger partial charge < -0.3 is 25.1 Å². The van der Waals surface area contributed by atoms with E-state index in [0.717, 1.165) is 16.6 Å². The molecule has 7 heteroatoms. The fraction of sp³-hybridized carbons (Fsp3) is 0.120. The van der Waals surface area contributed by atoms with Crippen LogP contribution < -0.4 is 20.1 Å². The molecule has 0 bridgehead atoms. The third-order valence-corrected chi connectivity index (χ3v) is 5.62. The molecule has 4 aromatic rings. The predicted molar refractivity (Wildman–Crippen MR) is 123 cm³/mol. The van der Waals surface area contributed by atoms with E-state index in [1.165, 1.54) is 0 Å². The van der Waals surface area contributed by atoms with Gasteiger partial charge in [0.1, 0.15) is 34.8 Å². The maximum absolute atomic E-state index is 13.8. The van der Waals surface area contributed by atoms with Crippen LogP contribution in [0.25, 0.3) is 16.6 Å². The van der Waals surface area contributed by atoms with Crippen LogP contribution in [-0.4, -0.2) is 30.0 Å². The highest BCUT2D eigenvalue weighted by Crippen LogP contribution is 2.43. The molecule has 32 heavy (non-hydrogen) atoms. The van der Waals surface area contributed by atoms with Gasteiger partial charge in [0, 0.05) is 18.2 Å². The standard InChI is InChI=1S/C25H22N4O3/c1-31-17-12-16(13-18(14-17)32-2)29-22(15-8-4-3-5-9-15)23(30)21(24(29)26)25-27-19-10-6-7-11-20(19)28-25/h3-14,22H,26H2,1-2H3,(H,27,28)/t22-/m1/s1. The largest absolute Gasteiger partial charge is 0.497 e. The zero-order chi connectivity index (χ0) is 22.2. The predicted octanol–water partition coefficient (Wildman–Crippen LogP) is 4.04. The minimum Gasteiger partial charge on any atom is -0.497 e. The van der Waals surface area contributed by atoms with Crippen LogP contribution in [0.4, 0.5) is 5.69 Å². The van der Waals surface area contributed by atoms with E-state index in [-0.39, 0.29) is 5.78 Å². The Morgan fingerprint density at radius 3 is 2.25 bits per heavy atom. The summed E-state index contributed by atoms with van der Waals surface area (Å²) in [6, 6.07) is 22.0. The molecule has 0 aliphatic carbocycles. The first-order chi connectivity index (χ1) is 15.6. The second kappa shape index (κ2) is 7.77. The van der Waals surface area contributed by atoms with E-state index in [1.54, 1.807) is 20.3 Å². The summed E-state index contributed by atoms with van der Waals surface area (Å²) in [5.41, 5.74) is 10.1. The summed E-state index contributed by atoms with van der Waals surface area (Å²) < 4.78 is 10.9. The summed E-state index contributed by atoms with van der Waals surface area (Å²) >= 11 is 0. The quantitative estimate of drug-likeness (QED) is 0.500. The van der Waals surface area contributed by atoms with Crippen LogP contribution in [-0.2, 0) is 4.79 Å². The number of imidazole rings is 1. The van der Waals surface area contributed by atoms with Gasteiger partial charge >= 0.3 is 0 Å². The van der Waals surface area contributed by atoms with Crippen LogP contribution in [0, 0.1) is 0 Å². The average Bonchev–Trinajstić information content (AvgIpc) is 3.36. The van der Waals surface area contributed by atoms with Gasteiger partial charge in [-0.15, -0.1) is 0 Å². The van der Waals surface area contributed by atoms with Gasteiger partial charge in [-0.2, -0.15) is 0 Å². The number of nitrogens with two attached hydrogens (primary N) is 1. The first-order valence-corrected chi connectivity index (χ1v) is 10.2. The molecule has 0 fully saturated rings. The Bertz CT molecular complexity index is 1290. The number of anilines is 1. The van der Waals surface area contributed by atoms with E-state index in [0.29, 0.717) is 34.4 Å². The van der Waals surface area contributed by atoms with Crippen molar-refractivity contribution in [3.63, 3.8) is 0 Å². The molecule has 160 valence electrons. The Hall–Kier alpha value is -4.26. The smallest absolute Gasteiger partial charge is 0.197 e. The molecule has 0 unspecified atom stereocenters. The number of para-hydroxylation sites is 2. The molecule has 0 spiro atoms. The molecule has 0 saturated carbocycles. The maximum atomic E-state index is 13.8. The number of carbonyl (C=O) groups is 1. The minimum atomic E-state index is -0.642. The molecule has 1 aliphatic heterocycles. The van der Waals surface area contributed by atoms with E-state index in [2.05, 4.69) is 9.97 Å². The lowest BCUT2D eigenvalue weighted by molar-refractivity contribution is -0.114. The molecule has 0 saturated heterocycles. The highest BCUT2D eigenvalue weighted by Gasteiger charge is 2.42. The second-order valence-corrected chi connectivity index (χ2v) is 7.48. The molecule has 1 aromatic heterocycles. The molecule has 2 heterocycles. The molecule has 3 N–H and O–H groups in total. The van der Waals surface area contributed by atoms with Crippen LogP contribution in [0.3, 0.4) is 0 Å². The Morgan fingerprint density at radius 2 is 1.59 bits per heavy atom. The van der Waals surface area contributed by atoms with Gasteiger partial charge in [0.2, 0.25) is 0 Å². The third-order valence-electron chi connectivity index (χ3n) is 5.62. The van der Waals surface area contributed by atoms with Crippen LogP contribution in [0.15, 0.2) is 78.6 Å². The van der Waals surface area contributed by atoms with E-state index in [1.807, 2.05) is 71.6 Å². The van der Waals surface area contributed by atoms with Crippen LogP contribution in [0.2, 0.25) is 0 Å². The number of nitrogens with one attached hydrogen (secondary N) is 1. The number of H-pyrrole nitrogens is 1. The Morgan fingerprint density at radius 1 is 0.938 bits per heavy atom. The Balaban J connectivity index is 1.71. The summed E-state index contributed by atoms with van der Waals surface area (Å²) in [5.74, 6) is 1.84. The monoisotopic (exact) mass is 426 g/mol. The fourth-order valence-electron chi connectivity index (χ4n) is 4.10. The van der Waals surface area contributed by atoms with Gasteiger partial charge in [0.25, 0.3) is 0 Å². The number of methoxy groups -OCH3 is 2. The lowest BCUT2D eigenvalue weighted by Gasteiger charge is -2.28. The number of benzene rings is 3. The van der Waals surface area contributed by atoms with Crippen molar-refractivity contribution >= 4 is 28.1 Å². The summed E-state index contributed by atoms with van der Waals surface area (Å²) in [5, 5.41) is 0. The van der Waals surface area contributed by atoms with Crippen molar-refractivity contribution in [1.29, 1.82) is 0 Å². The zero-order valence-corrected chi connectivity index (χ0v) is 17.7. The van der Waals surface area contributed by atoms with Gasteiger partial charge in [0.15, 0.2) is 5.78 Å². The molecule has 1 aliphatic rings. The Kier molecular flexibility index (Phi) is 4.78. The average molecular weight is 426 g/mol. The normalized spacial score (nSPS) is 16.1. The topological polar surface area (TPSA) is 93.5 Å². The number of aromatic amines is 1. The van der Waals surface area contributed by atoms with Gasteiger partial charge in [0.05, 0.1) is 30.9 Å². The highest BCUT2D eigenvalue weighted by molar-refractivity contribution is 6.28. The van der Waals surface area contributed by atoms with Crippen molar-refractivity contribution in [1.82, 2.24) is 9.97 Å². The van der Waals surface area contributed by atoms with Crippen molar-refractivity contribution in [3.05, 3.63) is 90.0 Å². The molecular weight excluding hydrogens is 404 g/mol. The van der Waals surface area contributed by atoms with Crippen molar-refractivity contribution in [3.8, 4) is 11.5 Å². The fourth-order valence-corrected chi connectivity index (χ4v) is 4.10. The number of Topliss-reactive ketones (excluding diaryl/α,β-unsaturated/α-hetero) is 1. The number of ether oxygens (including phenoxy) is 2. The number of nitrogens with zero attached hydrogens (tertiary/aromatic N) is 2. The third kappa shape index (κ3) is 3.15. The highest BCUT2D eigenvalue weighted by atomic mass is 16.5. The molecule has 5 rings (SSSR count). The van der Waals surface area contributed by atoms with Gasteiger partial charge in [-0.1, -0.05) is 42.5 Å². The Labute approximate surface area is 185 Å². The van der Waals surface area contributed by atoms with E-state index < -0.39 is 6.04 Å². The van der Waals surface area contributed by atoms with Gasteiger partial charge in [-0.3, -0.25) is 4.79 Å². The number of fused-ring (bicyclic) bond motifs is 1. The number of carbonyl (C=O) groups excluding carboxylic acids is 1. The number of aromatic nitrogens is 2. The maximum Gasteiger partial charge on any atom is 0.197 e. The van der Waals surface area contributed by atoms with Crippen LogP contribution in [0.1, 0.15) is 17.4 Å². The van der Waals surface area contributed by atoms with Crippen molar-refractivity contribution in [2.24, 2.45) is 5.73 Å². The molecule has 0 amide bonds. The minimum absolute atomic E-state index is 0.130. The van der Waals surface area contributed by atoms with Crippen LogP contribution >= 0.6 is 0 Å². The first-order valence-electron chi connectivity index (χ1n) is 10.2. The van der Waals surface area contributed by atoms with E-state index in [9.17, 15) is 4.79 Å². The van der Waals surface area contributed by atoms with Crippen molar-refractivity contribution in [2.45, 2.75) is 6.04 Å². The van der Waals surface area contributed by atoms with E-state index >= 15 is 0 Å². The number of rotatable bonds is 5. The SMILES string of the molecule is COc1cc(OC)cc(N2C(N)=C(c3nc4ccccc4[nH]3)C(=O)[C@H]2c2ccccc2)c1. The zero-order valence-electron chi connectivity index (χ0n) is 17.7. The summed E-state index contributed by atoms with van der Waals surface area (Å²) in [4.78, 5) is 23.5. The molecule has 3 aromatic carbocycles. The van der Waals surface area contributed by atoms with Crippen LogP contribution in [0.5, 0.6) is 11.5 Å². The lowest BCUT2D eigenvalue weighted by Crippen LogP contribution is -2.29. The number of ketones is 1. The van der Waals surface area contributed by atoms with Gasteiger partial charge in [-0.25, -0.2) is 4.98 Å². The van der Waals surface area contributed by atoms with Crippen molar-refractivity contribution in [2.75, 3.05) is 19.1 Å². The first kappa shape index (κ1) is 19.7. The van der Waals surface area contributed by atoms with Crippen molar-refractivity contribution < 1.29 is 14.3 Å². The number of hydrogen-bond acceptors (Lipinski definition) is 6. The summed E-state index contributed by atoms with van der Waals surface area (Å²) in [6.07, 6.45) is 0. The van der Waals surface area contributed by atoms with Gasteiger partial charge in [-0.05, 0) is 17.7 Å². The summed E-state index contributed by atoms with van der Waals surface area (Å²) in [7, 11) is 3.17.